The lowest BCUT2D eigenvalue weighted by molar-refractivity contribution is 0.0168. The highest BCUT2D eigenvalue weighted by molar-refractivity contribution is 5.50. The fourth-order valence-electron chi connectivity index (χ4n) is 2.49. The first kappa shape index (κ1) is 13.4. The van der Waals surface area contributed by atoms with Crippen molar-refractivity contribution in [3.05, 3.63) is 41.5 Å². The van der Waals surface area contributed by atoms with Crippen LogP contribution in [0.25, 0.3) is 6.08 Å². The Morgan fingerprint density at radius 1 is 1.22 bits per heavy atom. The van der Waals surface area contributed by atoms with E-state index in [-0.39, 0.29) is 0 Å². The van der Waals surface area contributed by atoms with Gasteiger partial charge in [0.2, 0.25) is 0 Å². The smallest absolute Gasteiger partial charge is 0.0720 e. The van der Waals surface area contributed by atoms with E-state index in [0.717, 1.165) is 13.0 Å². The molecule has 0 spiro atoms. The number of benzene rings is 1. The van der Waals surface area contributed by atoms with E-state index in [1.165, 1.54) is 43.2 Å². The van der Waals surface area contributed by atoms with Crippen molar-refractivity contribution in [3.63, 3.8) is 0 Å². The summed E-state index contributed by atoms with van der Waals surface area (Å²) in [5, 5.41) is 0. The van der Waals surface area contributed by atoms with Crippen LogP contribution in [0.5, 0.6) is 0 Å². The maximum absolute atomic E-state index is 6.00. The first-order chi connectivity index (χ1) is 8.88. The Kier molecular flexibility index (Phi) is 5.47. The van der Waals surface area contributed by atoms with Gasteiger partial charge in [-0.15, -0.1) is 0 Å². The Bertz CT molecular complexity index is 375. The SMILES string of the molecule is CC/C=C/c1cccc(COC2CCCCC2)c1. The predicted octanol–water partition coefficient (Wildman–Crippen LogP) is 4.96. The van der Waals surface area contributed by atoms with E-state index in [1.807, 2.05) is 0 Å². The molecule has 0 unspecified atom stereocenters. The van der Waals surface area contributed by atoms with Crippen LogP contribution in [-0.4, -0.2) is 6.10 Å². The third-order valence-electron chi connectivity index (χ3n) is 3.53. The van der Waals surface area contributed by atoms with E-state index in [4.69, 9.17) is 4.74 Å². The average Bonchev–Trinajstić information content (AvgIpc) is 2.44. The molecule has 0 N–H and O–H groups in total. The molecular formula is C17H24O. The lowest BCUT2D eigenvalue weighted by Crippen LogP contribution is -2.16. The molecule has 0 bridgehead atoms. The summed E-state index contributed by atoms with van der Waals surface area (Å²) in [6.45, 7) is 2.92. The third-order valence-corrected chi connectivity index (χ3v) is 3.53. The second kappa shape index (κ2) is 7.38. The van der Waals surface area contributed by atoms with E-state index in [9.17, 15) is 0 Å². The fraction of sp³-hybridized carbons (Fsp3) is 0.529. The first-order valence-corrected chi connectivity index (χ1v) is 7.25. The van der Waals surface area contributed by atoms with Gasteiger partial charge in [0, 0.05) is 0 Å². The Labute approximate surface area is 111 Å². The molecular weight excluding hydrogens is 220 g/mol. The molecule has 0 radical (unpaired) electrons. The Balaban J connectivity index is 1.86. The van der Waals surface area contributed by atoms with E-state index in [2.05, 4.69) is 43.3 Å². The molecule has 1 aliphatic carbocycles. The molecule has 0 aromatic heterocycles. The van der Waals surface area contributed by atoms with Crippen molar-refractivity contribution in [2.45, 2.75) is 58.2 Å². The molecule has 0 atom stereocenters. The van der Waals surface area contributed by atoms with Crippen molar-refractivity contribution >= 4 is 6.08 Å². The van der Waals surface area contributed by atoms with Gasteiger partial charge < -0.3 is 4.74 Å². The third kappa shape index (κ3) is 4.30. The van der Waals surface area contributed by atoms with Crippen LogP contribution in [0.4, 0.5) is 0 Å². The highest BCUT2D eigenvalue weighted by Crippen LogP contribution is 2.21. The van der Waals surface area contributed by atoms with E-state index >= 15 is 0 Å². The Morgan fingerprint density at radius 2 is 2.06 bits per heavy atom. The number of ether oxygens (including phenoxy) is 1. The van der Waals surface area contributed by atoms with Crippen molar-refractivity contribution in [2.75, 3.05) is 0 Å². The molecule has 1 aliphatic rings. The van der Waals surface area contributed by atoms with Crippen molar-refractivity contribution in [3.8, 4) is 0 Å². The monoisotopic (exact) mass is 244 g/mol. The first-order valence-electron chi connectivity index (χ1n) is 7.25. The van der Waals surface area contributed by atoms with Crippen molar-refractivity contribution in [1.82, 2.24) is 0 Å². The van der Waals surface area contributed by atoms with Gasteiger partial charge in [0.25, 0.3) is 0 Å². The molecule has 1 fully saturated rings. The number of rotatable bonds is 5. The second-order valence-corrected chi connectivity index (χ2v) is 5.13. The van der Waals surface area contributed by atoms with Crippen molar-refractivity contribution in [1.29, 1.82) is 0 Å². The van der Waals surface area contributed by atoms with Gasteiger partial charge in [0.1, 0.15) is 0 Å². The maximum Gasteiger partial charge on any atom is 0.0720 e. The normalized spacial score (nSPS) is 17.4. The zero-order chi connectivity index (χ0) is 12.6. The van der Waals surface area contributed by atoms with Gasteiger partial charge in [-0.3, -0.25) is 0 Å². The number of hydrogen-bond donors (Lipinski definition) is 0. The molecule has 18 heavy (non-hydrogen) atoms. The minimum atomic E-state index is 0.494. The van der Waals surface area contributed by atoms with Crippen LogP contribution in [0.1, 0.15) is 56.6 Å². The average molecular weight is 244 g/mol. The standard InChI is InChI=1S/C17H24O/c1-2-3-8-15-9-7-10-16(13-15)14-18-17-11-5-4-6-12-17/h3,7-10,13,17H,2,4-6,11-12,14H2,1H3/b8-3+. The molecule has 0 heterocycles. The summed E-state index contributed by atoms with van der Waals surface area (Å²) in [5.41, 5.74) is 2.57. The van der Waals surface area contributed by atoms with Gasteiger partial charge in [-0.2, -0.15) is 0 Å². The minimum Gasteiger partial charge on any atom is -0.374 e. The van der Waals surface area contributed by atoms with Gasteiger partial charge >= 0.3 is 0 Å². The summed E-state index contributed by atoms with van der Waals surface area (Å²) in [4.78, 5) is 0. The molecule has 0 saturated heterocycles. The zero-order valence-electron chi connectivity index (χ0n) is 11.4. The van der Waals surface area contributed by atoms with E-state index < -0.39 is 0 Å². The van der Waals surface area contributed by atoms with Crippen LogP contribution >= 0.6 is 0 Å². The number of allylic oxidation sites excluding steroid dienone is 1. The maximum atomic E-state index is 6.00. The van der Waals surface area contributed by atoms with Gasteiger partial charge in [0.05, 0.1) is 12.7 Å². The van der Waals surface area contributed by atoms with Crippen LogP contribution in [0.3, 0.4) is 0 Å². The summed E-state index contributed by atoms with van der Waals surface area (Å²) in [5.74, 6) is 0. The second-order valence-electron chi connectivity index (χ2n) is 5.13. The highest BCUT2D eigenvalue weighted by atomic mass is 16.5. The zero-order valence-corrected chi connectivity index (χ0v) is 11.4. The molecule has 1 aromatic rings. The molecule has 1 aromatic carbocycles. The molecule has 2 rings (SSSR count). The largest absolute Gasteiger partial charge is 0.374 e. The van der Waals surface area contributed by atoms with Crippen LogP contribution < -0.4 is 0 Å². The van der Waals surface area contributed by atoms with Crippen LogP contribution in [0.2, 0.25) is 0 Å². The fourth-order valence-corrected chi connectivity index (χ4v) is 2.49. The van der Waals surface area contributed by atoms with Crippen LogP contribution in [0, 0.1) is 0 Å². The van der Waals surface area contributed by atoms with Crippen molar-refractivity contribution in [2.24, 2.45) is 0 Å². The summed E-state index contributed by atoms with van der Waals surface area (Å²) in [6, 6.07) is 8.66. The molecule has 0 aliphatic heterocycles. The number of hydrogen-bond acceptors (Lipinski definition) is 1. The van der Waals surface area contributed by atoms with E-state index in [1.54, 1.807) is 0 Å². The highest BCUT2D eigenvalue weighted by Gasteiger charge is 2.13. The predicted molar refractivity (Wildman–Crippen MR) is 77.4 cm³/mol. The Morgan fingerprint density at radius 3 is 2.83 bits per heavy atom. The lowest BCUT2D eigenvalue weighted by atomic mass is 9.98. The van der Waals surface area contributed by atoms with Crippen molar-refractivity contribution < 1.29 is 4.74 Å². The van der Waals surface area contributed by atoms with Gasteiger partial charge in [-0.25, -0.2) is 0 Å². The topological polar surface area (TPSA) is 9.23 Å². The van der Waals surface area contributed by atoms with Crippen LogP contribution in [0.15, 0.2) is 30.3 Å². The lowest BCUT2D eigenvalue weighted by Gasteiger charge is -2.22. The molecule has 1 nitrogen and oxygen atoms in total. The molecule has 1 saturated carbocycles. The molecule has 1 heteroatoms. The van der Waals surface area contributed by atoms with Gasteiger partial charge in [-0.1, -0.05) is 56.5 Å². The summed E-state index contributed by atoms with van der Waals surface area (Å²) in [7, 11) is 0. The van der Waals surface area contributed by atoms with Gasteiger partial charge in [-0.05, 0) is 36.5 Å². The van der Waals surface area contributed by atoms with Crippen LogP contribution in [-0.2, 0) is 11.3 Å². The van der Waals surface area contributed by atoms with Gasteiger partial charge in [0.15, 0.2) is 0 Å². The summed E-state index contributed by atoms with van der Waals surface area (Å²) >= 11 is 0. The van der Waals surface area contributed by atoms with E-state index in [0.29, 0.717) is 6.10 Å². The molecule has 98 valence electrons. The summed E-state index contributed by atoms with van der Waals surface area (Å²) < 4.78 is 6.00. The Hall–Kier alpha value is -1.08. The molecule has 0 amide bonds. The summed E-state index contributed by atoms with van der Waals surface area (Å²) in [6.07, 6.45) is 12.5. The quantitative estimate of drug-likeness (QED) is 0.711. The minimum absolute atomic E-state index is 0.494.